The van der Waals surface area contributed by atoms with E-state index >= 15 is 0 Å². The molecule has 1 aromatic carbocycles. The molecule has 84 valence electrons. The Morgan fingerprint density at radius 3 is 2.50 bits per heavy atom. The highest BCUT2D eigenvalue weighted by Gasteiger charge is 1.96. The van der Waals surface area contributed by atoms with Gasteiger partial charge in [-0.3, -0.25) is 0 Å². The van der Waals surface area contributed by atoms with Crippen molar-refractivity contribution in [3.8, 4) is 5.75 Å². The highest BCUT2D eigenvalue weighted by molar-refractivity contribution is 5.33. The molecule has 0 unspecified atom stereocenters. The minimum absolute atomic E-state index is 0.274. The zero-order valence-electron chi connectivity index (χ0n) is 9.30. The van der Waals surface area contributed by atoms with Crippen LogP contribution in [0.15, 0.2) is 60.4 Å². The van der Waals surface area contributed by atoms with Gasteiger partial charge in [-0.1, -0.05) is 30.4 Å². The summed E-state index contributed by atoms with van der Waals surface area (Å²) in [6.07, 6.45) is 9.18. The first-order chi connectivity index (χ1) is 7.76. The predicted octanol–water partition coefficient (Wildman–Crippen LogP) is 3.51. The second-order valence-corrected chi connectivity index (χ2v) is 3.43. The van der Waals surface area contributed by atoms with Crippen molar-refractivity contribution in [1.29, 1.82) is 0 Å². The first kappa shape index (κ1) is 12.1. The summed E-state index contributed by atoms with van der Waals surface area (Å²) in [7, 11) is 0. The van der Waals surface area contributed by atoms with Crippen molar-refractivity contribution in [1.82, 2.24) is 0 Å². The summed E-state index contributed by atoms with van der Waals surface area (Å²) in [5.74, 6) is 0.274. The second-order valence-electron chi connectivity index (χ2n) is 3.43. The van der Waals surface area contributed by atoms with Crippen molar-refractivity contribution in [2.24, 2.45) is 0 Å². The standard InChI is InChI=1S/C14H16O2/c1-2-4-12(5-3-10-15)11-13-6-8-14(16)9-7-13/h2-10,15-16H,11H2,1H3/b4-2-,10-3+,12-5+. The number of phenols is 1. The van der Waals surface area contributed by atoms with Gasteiger partial charge in [0.15, 0.2) is 0 Å². The maximum absolute atomic E-state index is 9.16. The molecule has 0 aliphatic heterocycles. The van der Waals surface area contributed by atoms with Crippen LogP contribution in [0.1, 0.15) is 12.5 Å². The van der Waals surface area contributed by atoms with Crippen molar-refractivity contribution in [2.75, 3.05) is 0 Å². The Kier molecular flexibility index (Phi) is 4.93. The van der Waals surface area contributed by atoms with Crippen molar-refractivity contribution in [2.45, 2.75) is 13.3 Å². The summed E-state index contributed by atoms with van der Waals surface area (Å²) in [5.41, 5.74) is 2.21. The molecule has 0 aliphatic carbocycles. The maximum Gasteiger partial charge on any atom is 0.115 e. The summed E-state index contributed by atoms with van der Waals surface area (Å²) in [5, 5.41) is 17.8. The lowest BCUT2D eigenvalue weighted by Gasteiger charge is -2.02. The van der Waals surface area contributed by atoms with Gasteiger partial charge < -0.3 is 10.2 Å². The Morgan fingerprint density at radius 2 is 1.94 bits per heavy atom. The average Bonchev–Trinajstić information content (AvgIpc) is 2.29. The first-order valence-electron chi connectivity index (χ1n) is 5.16. The van der Waals surface area contributed by atoms with Gasteiger partial charge in [-0.15, -0.1) is 0 Å². The fourth-order valence-corrected chi connectivity index (χ4v) is 1.40. The number of benzene rings is 1. The SMILES string of the molecule is C\C=C/C(=C\C=C\O)Cc1ccc(O)cc1. The molecule has 0 radical (unpaired) electrons. The molecule has 0 saturated heterocycles. The van der Waals surface area contributed by atoms with Gasteiger partial charge >= 0.3 is 0 Å². The van der Waals surface area contributed by atoms with Gasteiger partial charge in [0.1, 0.15) is 5.75 Å². The van der Waals surface area contributed by atoms with E-state index in [1.807, 2.05) is 37.3 Å². The number of rotatable bonds is 4. The molecule has 0 atom stereocenters. The Balaban J connectivity index is 2.79. The van der Waals surface area contributed by atoms with Crippen LogP contribution in [0.25, 0.3) is 0 Å². The molecule has 1 aromatic rings. The summed E-state index contributed by atoms with van der Waals surface area (Å²) >= 11 is 0. The molecule has 0 bridgehead atoms. The van der Waals surface area contributed by atoms with Crippen LogP contribution in [0.5, 0.6) is 5.75 Å². The van der Waals surface area contributed by atoms with E-state index in [4.69, 9.17) is 10.2 Å². The van der Waals surface area contributed by atoms with Crippen molar-refractivity contribution >= 4 is 0 Å². The number of aliphatic hydroxyl groups is 1. The van der Waals surface area contributed by atoms with Crippen LogP contribution >= 0.6 is 0 Å². The fourth-order valence-electron chi connectivity index (χ4n) is 1.40. The highest BCUT2D eigenvalue weighted by atomic mass is 16.3. The summed E-state index contributed by atoms with van der Waals surface area (Å²) in [4.78, 5) is 0. The van der Waals surface area contributed by atoms with E-state index in [1.54, 1.807) is 18.2 Å². The molecule has 1 rings (SSSR count). The lowest BCUT2D eigenvalue weighted by molar-refractivity contribution is 0.473. The molecule has 0 heterocycles. The van der Waals surface area contributed by atoms with Gasteiger partial charge in [0.25, 0.3) is 0 Å². The molecule has 0 spiro atoms. The molecule has 0 saturated carbocycles. The van der Waals surface area contributed by atoms with E-state index in [0.29, 0.717) is 0 Å². The Morgan fingerprint density at radius 1 is 1.25 bits per heavy atom. The van der Waals surface area contributed by atoms with Gasteiger partial charge in [0.2, 0.25) is 0 Å². The van der Waals surface area contributed by atoms with E-state index < -0.39 is 0 Å². The van der Waals surface area contributed by atoms with E-state index in [9.17, 15) is 0 Å². The van der Waals surface area contributed by atoms with Crippen molar-refractivity contribution < 1.29 is 10.2 Å². The van der Waals surface area contributed by atoms with Gasteiger partial charge in [0.05, 0.1) is 6.26 Å². The molecular weight excluding hydrogens is 200 g/mol. The van der Waals surface area contributed by atoms with Gasteiger partial charge in [-0.25, -0.2) is 0 Å². The molecule has 2 N–H and O–H groups in total. The lowest BCUT2D eigenvalue weighted by Crippen LogP contribution is -1.87. The van der Waals surface area contributed by atoms with Gasteiger partial charge in [-0.05, 0) is 42.7 Å². The molecular formula is C14H16O2. The van der Waals surface area contributed by atoms with E-state index in [-0.39, 0.29) is 5.75 Å². The predicted molar refractivity (Wildman–Crippen MR) is 66.5 cm³/mol. The number of hydrogen-bond acceptors (Lipinski definition) is 2. The van der Waals surface area contributed by atoms with E-state index in [1.165, 1.54) is 0 Å². The van der Waals surface area contributed by atoms with E-state index in [2.05, 4.69) is 0 Å². The summed E-state index contributed by atoms with van der Waals surface area (Å²) in [6.45, 7) is 1.95. The molecule has 0 aromatic heterocycles. The normalized spacial score (nSPS) is 12.7. The quantitative estimate of drug-likeness (QED) is 0.597. The molecule has 2 nitrogen and oxygen atoms in total. The number of aromatic hydroxyl groups is 1. The molecule has 16 heavy (non-hydrogen) atoms. The van der Waals surface area contributed by atoms with Gasteiger partial charge in [0, 0.05) is 0 Å². The summed E-state index contributed by atoms with van der Waals surface area (Å²) in [6, 6.07) is 7.11. The lowest BCUT2D eigenvalue weighted by atomic mass is 10.0. The largest absolute Gasteiger partial charge is 0.516 e. The minimum Gasteiger partial charge on any atom is -0.516 e. The number of phenolic OH excluding ortho intramolecular Hbond substituents is 1. The van der Waals surface area contributed by atoms with Crippen LogP contribution in [0.2, 0.25) is 0 Å². The topological polar surface area (TPSA) is 40.5 Å². The van der Waals surface area contributed by atoms with Crippen molar-refractivity contribution in [3.63, 3.8) is 0 Å². The number of hydrogen-bond donors (Lipinski definition) is 2. The first-order valence-corrected chi connectivity index (χ1v) is 5.16. The Bertz CT molecular complexity index is 397. The van der Waals surface area contributed by atoms with Gasteiger partial charge in [-0.2, -0.15) is 0 Å². The maximum atomic E-state index is 9.16. The Labute approximate surface area is 95.9 Å². The molecule has 0 fully saturated rings. The highest BCUT2D eigenvalue weighted by Crippen LogP contribution is 2.14. The molecule has 0 amide bonds. The van der Waals surface area contributed by atoms with E-state index in [0.717, 1.165) is 23.8 Å². The third kappa shape index (κ3) is 4.05. The monoisotopic (exact) mass is 216 g/mol. The zero-order chi connectivity index (χ0) is 11.8. The van der Waals surface area contributed by atoms with Crippen LogP contribution in [0.4, 0.5) is 0 Å². The van der Waals surface area contributed by atoms with Crippen LogP contribution in [0.3, 0.4) is 0 Å². The second kappa shape index (κ2) is 6.51. The average molecular weight is 216 g/mol. The Hall–Kier alpha value is -1.96. The number of allylic oxidation sites excluding steroid dienone is 5. The smallest absolute Gasteiger partial charge is 0.115 e. The third-order valence-electron chi connectivity index (χ3n) is 2.12. The van der Waals surface area contributed by atoms with Crippen LogP contribution in [0, 0.1) is 0 Å². The molecule has 2 heteroatoms. The van der Waals surface area contributed by atoms with Crippen LogP contribution < -0.4 is 0 Å². The summed E-state index contributed by atoms with van der Waals surface area (Å²) < 4.78 is 0. The zero-order valence-corrected chi connectivity index (χ0v) is 9.30. The minimum atomic E-state index is 0.274. The number of aliphatic hydroxyl groups excluding tert-OH is 1. The van der Waals surface area contributed by atoms with Crippen molar-refractivity contribution in [3.05, 3.63) is 66.0 Å². The van der Waals surface area contributed by atoms with Crippen LogP contribution in [-0.2, 0) is 6.42 Å². The third-order valence-corrected chi connectivity index (χ3v) is 2.12. The fraction of sp³-hybridized carbons (Fsp3) is 0.143. The molecule has 0 aliphatic rings. The van der Waals surface area contributed by atoms with Crippen LogP contribution in [-0.4, -0.2) is 10.2 Å².